The SMILES string of the molecule is CC(=O)c1ccc(CC(=O)N2C[C@H](F)C[C@H]2C(=O)NCc2cccc(Cl)c2F)c2ccccc12. The van der Waals surface area contributed by atoms with Gasteiger partial charge in [0.1, 0.15) is 18.0 Å². The van der Waals surface area contributed by atoms with Gasteiger partial charge in [-0.25, -0.2) is 8.78 Å². The zero-order chi connectivity index (χ0) is 24.4. The van der Waals surface area contributed by atoms with Crippen molar-refractivity contribution in [1.82, 2.24) is 10.2 Å². The van der Waals surface area contributed by atoms with E-state index in [0.717, 1.165) is 10.8 Å². The van der Waals surface area contributed by atoms with E-state index >= 15 is 0 Å². The van der Waals surface area contributed by atoms with Gasteiger partial charge in [-0.2, -0.15) is 0 Å². The van der Waals surface area contributed by atoms with Crippen LogP contribution in [0.5, 0.6) is 0 Å². The van der Waals surface area contributed by atoms with Crippen LogP contribution >= 0.6 is 11.6 Å². The summed E-state index contributed by atoms with van der Waals surface area (Å²) in [6, 6.07) is 14.2. The Kier molecular flexibility index (Phi) is 6.93. The summed E-state index contributed by atoms with van der Waals surface area (Å²) in [7, 11) is 0. The number of amides is 2. The quantitative estimate of drug-likeness (QED) is 0.519. The van der Waals surface area contributed by atoms with Crippen LogP contribution < -0.4 is 5.32 Å². The number of nitrogens with zero attached hydrogens (tertiary/aromatic N) is 1. The number of likely N-dealkylation sites (tertiary alicyclic amines) is 1. The molecule has 4 rings (SSSR count). The molecule has 0 saturated carbocycles. The van der Waals surface area contributed by atoms with Crippen LogP contribution in [0, 0.1) is 5.82 Å². The second-order valence-electron chi connectivity index (χ2n) is 8.38. The van der Waals surface area contributed by atoms with Crippen molar-refractivity contribution in [3.8, 4) is 0 Å². The van der Waals surface area contributed by atoms with Gasteiger partial charge in [-0.05, 0) is 29.3 Å². The van der Waals surface area contributed by atoms with Gasteiger partial charge < -0.3 is 10.2 Å². The molecule has 1 saturated heterocycles. The van der Waals surface area contributed by atoms with Crippen LogP contribution in [0.25, 0.3) is 10.8 Å². The number of benzene rings is 3. The van der Waals surface area contributed by atoms with Gasteiger partial charge in [0.2, 0.25) is 11.8 Å². The van der Waals surface area contributed by atoms with Crippen molar-refractivity contribution < 1.29 is 23.2 Å². The molecule has 0 aliphatic carbocycles. The smallest absolute Gasteiger partial charge is 0.243 e. The second-order valence-corrected chi connectivity index (χ2v) is 8.78. The standard InChI is InChI=1S/C26H23ClF2N2O3/c1-15(32)19-10-9-16(20-6-2-3-7-21(19)20)11-24(33)31-14-18(28)12-23(31)26(34)30-13-17-5-4-8-22(27)25(17)29/h2-10,18,23H,11-14H2,1H3,(H,30,34)/t18-,23+/m1/s1. The van der Waals surface area contributed by atoms with E-state index in [9.17, 15) is 23.2 Å². The van der Waals surface area contributed by atoms with Gasteiger partial charge >= 0.3 is 0 Å². The number of alkyl halides is 1. The third-order valence-corrected chi connectivity index (χ3v) is 6.38. The van der Waals surface area contributed by atoms with Crippen molar-refractivity contribution in [3.63, 3.8) is 0 Å². The monoisotopic (exact) mass is 484 g/mol. The van der Waals surface area contributed by atoms with E-state index in [1.807, 2.05) is 24.3 Å². The zero-order valence-corrected chi connectivity index (χ0v) is 19.2. The Morgan fingerprint density at radius 1 is 1.03 bits per heavy atom. The molecular weight excluding hydrogens is 462 g/mol. The molecule has 1 aliphatic heterocycles. The lowest BCUT2D eigenvalue weighted by molar-refractivity contribution is -0.138. The van der Waals surface area contributed by atoms with Crippen molar-refractivity contribution >= 4 is 40.0 Å². The van der Waals surface area contributed by atoms with Crippen molar-refractivity contribution in [1.29, 1.82) is 0 Å². The van der Waals surface area contributed by atoms with Crippen LogP contribution in [0.4, 0.5) is 8.78 Å². The molecule has 2 amide bonds. The molecule has 0 aromatic heterocycles. The Labute approximate surface area is 200 Å². The summed E-state index contributed by atoms with van der Waals surface area (Å²) in [5.41, 5.74) is 1.45. The molecule has 3 aromatic carbocycles. The Hall–Kier alpha value is -3.32. The summed E-state index contributed by atoms with van der Waals surface area (Å²) in [6.45, 7) is 1.17. The molecule has 5 nitrogen and oxygen atoms in total. The Morgan fingerprint density at radius 2 is 1.76 bits per heavy atom. The van der Waals surface area contributed by atoms with Gasteiger partial charge in [-0.15, -0.1) is 0 Å². The minimum absolute atomic E-state index is 0.0435. The number of carbonyl (C=O) groups is 3. The fraction of sp³-hybridized carbons (Fsp3) is 0.269. The number of carbonyl (C=O) groups excluding carboxylic acids is 3. The Balaban J connectivity index is 1.51. The number of halogens is 3. The zero-order valence-electron chi connectivity index (χ0n) is 18.5. The van der Waals surface area contributed by atoms with Gasteiger partial charge in [0.25, 0.3) is 0 Å². The van der Waals surface area contributed by atoms with Crippen LogP contribution in [-0.2, 0) is 22.6 Å². The van der Waals surface area contributed by atoms with E-state index < -0.39 is 29.8 Å². The predicted molar refractivity (Wildman–Crippen MR) is 126 cm³/mol. The Bertz CT molecular complexity index is 1280. The van der Waals surface area contributed by atoms with E-state index in [1.54, 1.807) is 18.2 Å². The van der Waals surface area contributed by atoms with Gasteiger partial charge in [0.15, 0.2) is 5.78 Å². The van der Waals surface area contributed by atoms with E-state index in [0.29, 0.717) is 11.1 Å². The molecule has 8 heteroatoms. The number of rotatable bonds is 6. The van der Waals surface area contributed by atoms with Crippen molar-refractivity contribution in [2.75, 3.05) is 6.54 Å². The third kappa shape index (κ3) is 4.80. The van der Waals surface area contributed by atoms with Crippen LogP contribution in [0.1, 0.15) is 34.8 Å². The average molecular weight is 485 g/mol. The van der Waals surface area contributed by atoms with Gasteiger partial charge in [0.05, 0.1) is 18.0 Å². The number of hydrogen-bond acceptors (Lipinski definition) is 3. The van der Waals surface area contributed by atoms with Crippen molar-refractivity contribution in [2.45, 2.75) is 38.5 Å². The maximum atomic E-state index is 14.3. The molecule has 34 heavy (non-hydrogen) atoms. The number of fused-ring (bicyclic) bond motifs is 1. The second kappa shape index (κ2) is 9.89. The fourth-order valence-corrected chi connectivity index (χ4v) is 4.58. The van der Waals surface area contributed by atoms with E-state index in [2.05, 4.69) is 5.32 Å². The summed E-state index contributed by atoms with van der Waals surface area (Å²) in [5, 5.41) is 4.03. The maximum Gasteiger partial charge on any atom is 0.243 e. The molecule has 1 fully saturated rings. The van der Waals surface area contributed by atoms with E-state index in [1.165, 1.54) is 24.0 Å². The lowest BCUT2D eigenvalue weighted by Gasteiger charge is -2.24. The molecular formula is C26H23ClF2N2O3. The first-order valence-corrected chi connectivity index (χ1v) is 11.3. The molecule has 2 atom stereocenters. The predicted octanol–water partition coefficient (Wildman–Crippen LogP) is 4.63. The van der Waals surface area contributed by atoms with Crippen LogP contribution in [0.15, 0.2) is 54.6 Å². The maximum absolute atomic E-state index is 14.3. The first kappa shape index (κ1) is 23.8. The van der Waals surface area contributed by atoms with Crippen LogP contribution in [-0.4, -0.2) is 41.3 Å². The van der Waals surface area contributed by atoms with Crippen LogP contribution in [0.3, 0.4) is 0 Å². The summed E-state index contributed by atoms with van der Waals surface area (Å²) in [5.74, 6) is -1.66. The molecule has 0 spiro atoms. The first-order valence-electron chi connectivity index (χ1n) is 10.9. The summed E-state index contributed by atoms with van der Waals surface area (Å²) < 4.78 is 28.4. The number of Topliss-reactive ketones (excluding diaryl/α,β-unsaturated/α-hetero) is 1. The van der Waals surface area contributed by atoms with Gasteiger partial charge in [-0.1, -0.05) is 60.1 Å². The fourth-order valence-electron chi connectivity index (χ4n) is 4.38. The first-order chi connectivity index (χ1) is 16.3. The molecule has 0 unspecified atom stereocenters. The number of ketones is 1. The molecule has 1 heterocycles. The number of nitrogens with one attached hydrogen (secondary N) is 1. The summed E-state index contributed by atoms with van der Waals surface area (Å²) in [6.07, 6.45) is -1.50. The summed E-state index contributed by atoms with van der Waals surface area (Å²) >= 11 is 5.78. The highest BCUT2D eigenvalue weighted by Crippen LogP contribution is 2.27. The van der Waals surface area contributed by atoms with Gasteiger partial charge in [0, 0.05) is 24.1 Å². The molecule has 1 aliphatic rings. The lowest BCUT2D eigenvalue weighted by atomic mass is 9.96. The van der Waals surface area contributed by atoms with Crippen LogP contribution in [0.2, 0.25) is 5.02 Å². The number of hydrogen-bond donors (Lipinski definition) is 1. The van der Waals surface area contributed by atoms with Gasteiger partial charge in [-0.3, -0.25) is 14.4 Å². The minimum Gasteiger partial charge on any atom is -0.350 e. The largest absolute Gasteiger partial charge is 0.350 e. The van der Waals surface area contributed by atoms with Crippen molar-refractivity contribution in [3.05, 3.63) is 82.1 Å². The molecule has 1 N–H and O–H groups in total. The highest BCUT2D eigenvalue weighted by Gasteiger charge is 2.39. The van der Waals surface area contributed by atoms with Crippen molar-refractivity contribution in [2.24, 2.45) is 0 Å². The Morgan fingerprint density at radius 3 is 2.50 bits per heavy atom. The average Bonchev–Trinajstić information content (AvgIpc) is 3.21. The molecule has 0 bridgehead atoms. The highest BCUT2D eigenvalue weighted by molar-refractivity contribution is 6.30. The van der Waals surface area contributed by atoms with E-state index in [4.69, 9.17) is 11.6 Å². The summed E-state index contributed by atoms with van der Waals surface area (Å²) in [4.78, 5) is 39.1. The molecule has 176 valence electrons. The van der Waals surface area contributed by atoms with E-state index in [-0.39, 0.29) is 42.3 Å². The minimum atomic E-state index is -1.33. The normalized spacial score (nSPS) is 17.7. The molecule has 3 aromatic rings. The molecule has 0 radical (unpaired) electrons. The third-order valence-electron chi connectivity index (χ3n) is 6.09. The topological polar surface area (TPSA) is 66.5 Å². The lowest BCUT2D eigenvalue weighted by Crippen LogP contribution is -2.46. The highest BCUT2D eigenvalue weighted by atomic mass is 35.5.